The van der Waals surface area contributed by atoms with Crippen LogP contribution in [0.15, 0.2) is 29.3 Å². The Morgan fingerprint density at radius 2 is 2.35 bits per heavy atom. The molecule has 6 heteroatoms. The number of hydrogen-bond donors (Lipinski definition) is 1. The molecule has 0 amide bonds. The van der Waals surface area contributed by atoms with Crippen molar-refractivity contribution in [1.82, 2.24) is 19.7 Å². The Morgan fingerprint density at radius 1 is 1.43 bits per heavy atom. The van der Waals surface area contributed by atoms with Gasteiger partial charge in [0, 0.05) is 57.2 Å². The predicted octanol–water partition coefficient (Wildman–Crippen LogP) is 1.24. The first-order valence-electron chi connectivity index (χ1n) is 8.23. The topological polar surface area (TPSA) is 63.1 Å². The first kappa shape index (κ1) is 14.7. The zero-order valence-corrected chi connectivity index (χ0v) is 13.4. The summed E-state index contributed by atoms with van der Waals surface area (Å²) in [4.78, 5) is 17.2. The highest BCUT2D eigenvalue weighted by atomic mass is 16.5. The second-order valence-electron chi connectivity index (χ2n) is 6.52. The Morgan fingerprint density at radius 3 is 3.17 bits per heavy atom. The normalized spacial score (nSPS) is 24.7. The van der Waals surface area contributed by atoms with Gasteiger partial charge in [-0.1, -0.05) is 0 Å². The number of nitrogens with zero attached hydrogens (tertiary/aromatic N) is 3. The highest BCUT2D eigenvalue weighted by Crippen LogP contribution is 2.35. The summed E-state index contributed by atoms with van der Waals surface area (Å²) in [5.74, 6) is 0.453. The Labute approximate surface area is 135 Å². The molecule has 0 saturated carbocycles. The number of aromatic nitrogens is 3. The van der Waals surface area contributed by atoms with Gasteiger partial charge in [-0.05, 0) is 30.5 Å². The third-order valence-corrected chi connectivity index (χ3v) is 5.10. The Balaban J connectivity index is 1.49. The van der Waals surface area contributed by atoms with Crippen molar-refractivity contribution in [3.05, 3.63) is 51.7 Å². The number of rotatable bonds is 3. The van der Waals surface area contributed by atoms with Crippen LogP contribution in [0.2, 0.25) is 0 Å². The smallest absolute Gasteiger partial charge is 0.252 e. The minimum atomic E-state index is 0.0538. The molecule has 2 aliphatic rings. The second kappa shape index (κ2) is 5.94. The van der Waals surface area contributed by atoms with E-state index >= 15 is 0 Å². The fourth-order valence-corrected chi connectivity index (χ4v) is 3.84. The van der Waals surface area contributed by atoms with Crippen molar-refractivity contribution in [2.75, 3.05) is 19.7 Å². The van der Waals surface area contributed by atoms with Crippen molar-refractivity contribution in [2.24, 2.45) is 13.0 Å². The maximum absolute atomic E-state index is 12.0. The highest BCUT2D eigenvalue weighted by Gasteiger charge is 2.33. The molecule has 6 nitrogen and oxygen atoms in total. The number of hydrogen-bond acceptors (Lipinski definition) is 4. The molecule has 0 aromatic carbocycles. The van der Waals surface area contributed by atoms with Crippen LogP contribution in [0.1, 0.15) is 29.3 Å². The third-order valence-electron chi connectivity index (χ3n) is 5.10. The van der Waals surface area contributed by atoms with Crippen molar-refractivity contribution >= 4 is 0 Å². The van der Waals surface area contributed by atoms with E-state index in [0.717, 1.165) is 50.3 Å². The Kier molecular flexibility index (Phi) is 3.79. The lowest BCUT2D eigenvalue weighted by molar-refractivity contribution is 0.0699. The molecule has 0 bridgehead atoms. The Bertz CT molecular complexity index is 751. The zero-order valence-electron chi connectivity index (χ0n) is 13.4. The van der Waals surface area contributed by atoms with Gasteiger partial charge in [0.25, 0.3) is 5.56 Å². The van der Waals surface area contributed by atoms with E-state index in [2.05, 4.69) is 15.0 Å². The average Bonchev–Trinajstić information content (AvgIpc) is 3.16. The summed E-state index contributed by atoms with van der Waals surface area (Å²) in [6.07, 6.45) is 5.69. The standard InChI is InChI=1S/C17H22N4O2/c1-20-15(3-7-19-20)16-13(5-9-23-16)10-21-8-4-12-2-6-18-17(22)14(12)11-21/h2-3,6-7,13,16H,4-5,8-11H2,1H3,(H,18,22)/t13-,16+/m0/s1. The molecule has 0 spiro atoms. The monoisotopic (exact) mass is 314 g/mol. The van der Waals surface area contributed by atoms with E-state index in [-0.39, 0.29) is 11.7 Å². The molecule has 0 unspecified atom stereocenters. The fourth-order valence-electron chi connectivity index (χ4n) is 3.84. The second-order valence-corrected chi connectivity index (χ2v) is 6.52. The number of aryl methyl sites for hydroxylation is 1. The van der Waals surface area contributed by atoms with Crippen LogP contribution in [0.4, 0.5) is 0 Å². The van der Waals surface area contributed by atoms with Crippen LogP contribution in [-0.4, -0.2) is 39.4 Å². The number of H-pyrrole nitrogens is 1. The van der Waals surface area contributed by atoms with Gasteiger partial charge in [-0.25, -0.2) is 0 Å². The van der Waals surface area contributed by atoms with E-state index in [1.54, 1.807) is 6.20 Å². The van der Waals surface area contributed by atoms with Crippen molar-refractivity contribution in [1.29, 1.82) is 0 Å². The van der Waals surface area contributed by atoms with Gasteiger partial charge in [0.2, 0.25) is 0 Å². The summed E-state index contributed by atoms with van der Waals surface area (Å²) in [6.45, 7) is 3.50. The van der Waals surface area contributed by atoms with Gasteiger partial charge in [-0.15, -0.1) is 0 Å². The maximum atomic E-state index is 12.0. The molecule has 2 aromatic rings. The molecule has 0 aliphatic carbocycles. The van der Waals surface area contributed by atoms with E-state index in [4.69, 9.17) is 4.74 Å². The number of aromatic amines is 1. The van der Waals surface area contributed by atoms with Gasteiger partial charge in [-0.3, -0.25) is 14.4 Å². The van der Waals surface area contributed by atoms with Crippen molar-refractivity contribution in [3.63, 3.8) is 0 Å². The summed E-state index contributed by atoms with van der Waals surface area (Å²) in [7, 11) is 1.96. The van der Waals surface area contributed by atoms with Crippen LogP contribution in [-0.2, 0) is 24.8 Å². The minimum Gasteiger partial charge on any atom is -0.372 e. The summed E-state index contributed by atoms with van der Waals surface area (Å²) in [6, 6.07) is 4.07. The molecular weight excluding hydrogens is 292 g/mol. The van der Waals surface area contributed by atoms with Gasteiger partial charge in [0.05, 0.1) is 5.69 Å². The van der Waals surface area contributed by atoms with Gasteiger partial charge in [-0.2, -0.15) is 5.10 Å². The first-order valence-corrected chi connectivity index (χ1v) is 8.23. The summed E-state index contributed by atoms with van der Waals surface area (Å²) in [5.41, 5.74) is 3.31. The van der Waals surface area contributed by atoms with Crippen LogP contribution < -0.4 is 5.56 Å². The van der Waals surface area contributed by atoms with E-state index in [1.807, 2.05) is 30.1 Å². The average molecular weight is 314 g/mol. The van der Waals surface area contributed by atoms with Crippen molar-refractivity contribution in [2.45, 2.75) is 25.5 Å². The highest BCUT2D eigenvalue weighted by molar-refractivity contribution is 5.25. The zero-order chi connectivity index (χ0) is 15.8. The third kappa shape index (κ3) is 2.72. The molecule has 1 fully saturated rings. The molecule has 4 rings (SSSR count). The van der Waals surface area contributed by atoms with Gasteiger partial charge in [0.1, 0.15) is 6.10 Å². The van der Waals surface area contributed by atoms with E-state index in [0.29, 0.717) is 5.92 Å². The van der Waals surface area contributed by atoms with Crippen molar-refractivity contribution in [3.8, 4) is 0 Å². The lowest BCUT2D eigenvalue weighted by Crippen LogP contribution is -2.38. The molecule has 122 valence electrons. The Hall–Kier alpha value is -1.92. The van der Waals surface area contributed by atoms with Gasteiger partial charge in [0.15, 0.2) is 0 Å². The first-order chi connectivity index (χ1) is 11.2. The molecule has 2 aliphatic heterocycles. The predicted molar refractivity (Wildman–Crippen MR) is 86.1 cm³/mol. The van der Waals surface area contributed by atoms with Crippen LogP contribution in [0, 0.1) is 5.92 Å². The maximum Gasteiger partial charge on any atom is 0.252 e. The van der Waals surface area contributed by atoms with Crippen molar-refractivity contribution < 1.29 is 4.74 Å². The molecular formula is C17H22N4O2. The van der Waals surface area contributed by atoms with Gasteiger partial charge >= 0.3 is 0 Å². The molecule has 1 N–H and O–H groups in total. The van der Waals surface area contributed by atoms with E-state index < -0.39 is 0 Å². The van der Waals surface area contributed by atoms with Gasteiger partial charge < -0.3 is 9.72 Å². The summed E-state index contributed by atoms with van der Waals surface area (Å²) < 4.78 is 7.87. The molecule has 4 heterocycles. The lowest BCUT2D eigenvalue weighted by Gasteiger charge is -2.31. The fraction of sp³-hybridized carbons (Fsp3) is 0.529. The number of ether oxygens (including phenoxy) is 1. The lowest BCUT2D eigenvalue weighted by atomic mass is 9.95. The van der Waals surface area contributed by atoms with Crippen LogP contribution in [0.5, 0.6) is 0 Å². The molecule has 2 atom stereocenters. The SMILES string of the molecule is Cn1nccc1[C@@H]1OCC[C@H]1CN1CCc2cc[nH]c(=O)c2C1. The molecule has 2 aromatic heterocycles. The summed E-state index contributed by atoms with van der Waals surface area (Å²) >= 11 is 0. The van der Waals surface area contributed by atoms with Crippen LogP contribution in [0.3, 0.4) is 0 Å². The summed E-state index contributed by atoms with van der Waals surface area (Å²) in [5, 5.41) is 4.26. The minimum absolute atomic E-state index is 0.0538. The number of fused-ring (bicyclic) bond motifs is 1. The quantitative estimate of drug-likeness (QED) is 0.926. The molecule has 0 radical (unpaired) electrons. The largest absolute Gasteiger partial charge is 0.372 e. The number of pyridine rings is 1. The van der Waals surface area contributed by atoms with Crippen LogP contribution in [0.25, 0.3) is 0 Å². The molecule has 1 saturated heterocycles. The number of nitrogens with one attached hydrogen (secondary N) is 1. The van der Waals surface area contributed by atoms with E-state index in [1.165, 1.54) is 5.56 Å². The van der Waals surface area contributed by atoms with Crippen LogP contribution >= 0.6 is 0 Å². The molecule has 23 heavy (non-hydrogen) atoms. The van der Waals surface area contributed by atoms with E-state index in [9.17, 15) is 4.79 Å².